The molecule has 0 aliphatic heterocycles. The van der Waals surface area contributed by atoms with Gasteiger partial charge in [-0.1, -0.05) is 36.2 Å². The van der Waals surface area contributed by atoms with Crippen molar-refractivity contribution >= 4 is 34.8 Å². The first-order valence-electron chi connectivity index (χ1n) is 6.56. The maximum absolute atomic E-state index is 6.37. The average Bonchev–Trinajstić information content (AvgIpc) is 2.68. The Morgan fingerprint density at radius 2 is 1.90 bits per heavy atom. The molecule has 0 saturated carbocycles. The molecule has 0 aliphatic rings. The molecule has 5 heteroatoms. The van der Waals surface area contributed by atoms with E-state index in [2.05, 4.69) is 18.9 Å². The third-order valence-electron chi connectivity index (χ3n) is 3.43. The van der Waals surface area contributed by atoms with Crippen LogP contribution in [-0.4, -0.2) is 9.78 Å². The van der Waals surface area contributed by atoms with Crippen LogP contribution in [0.4, 0.5) is 0 Å². The molecule has 20 heavy (non-hydrogen) atoms. The lowest BCUT2D eigenvalue weighted by Crippen LogP contribution is -2.04. The lowest BCUT2D eigenvalue weighted by Gasteiger charge is -2.09. The number of nitrogens with zero attached hydrogens (tertiary/aromatic N) is 2. The van der Waals surface area contributed by atoms with Crippen molar-refractivity contribution in [2.75, 3.05) is 0 Å². The predicted octanol–water partition coefficient (Wildman–Crippen LogP) is 5.54. The lowest BCUT2D eigenvalue weighted by atomic mass is 10.1. The van der Waals surface area contributed by atoms with Crippen LogP contribution in [0.3, 0.4) is 0 Å². The van der Waals surface area contributed by atoms with Crippen LogP contribution in [-0.2, 0) is 6.54 Å². The van der Waals surface area contributed by atoms with Gasteiger partial charge in [-0.15, -0.1) is 11.6 Å². The number of hydrogen-bond donors (Lipinski definition) is 0. The van der Waals surface area contributed by atoms with E-state index in [0.29, 0.717) is 16.6 Å². The second-order valence-corrected chi connectivity index (χ2v) is 6.21. The first-order valence-corrected chi connectivity index (χ1v) is 7.75. The minimum absolute atomic E-state index is 0.0116. The molecular formula is C15H17Cl3N2. The first kappa shape index (κ1) is 15.7. The molecule has 0 bridgehead atoms. The van der Waals surface area contributed by atoms with Gasteiger partial charge in [-0.05, 0) is 38.0 Å². The van der Waals surface area contributed by atoms with Crippen molar-refractivity contribution in [2.24, 2.45) is 0 Å². The van der Waals surface area contributed by atoms with Crippen molar-refractivity contribution < 1.29 is 0 Å². The highest BCUT2D eigenvalue weighted by molar-refractivity contribution is 6.42. The van der Waals surface area contributed by atoms with E-state index in [4.69, 9.17) is 34.8 Å². The normalized spacial score (nSPS) is 12.7. The van der Waals surface area contributed by atoms with Gasteiger partial charge in [0.2, 0.25) is 0 Å². The molecule has 0 saturated heterocycles. The van der Waals surface area contributed by atoms with Gasteiger partial charge in [-0.25, -0.2) is 0 Å². The summed E-state index contributed by atoms with van der Waals surface area (Å²) in [5, 5.41) is 5.72. The summed E-state index contributed by atoms with van der Waals surface area (Å²) in [6.45, 7) is 6.79. The molecule has 0 N–H and O–H groups in total. The molecular weight excluding hydrogens is 315 g/mol. The monoisotopic (exact) mass is 330 g/mol. The molecule has 0 fully saturated rings. The van der Waals surface area contributed by atoms with Gasteiger partial charge < -0.3 is 0 Å². The average molecular weight is 332 g/mol. The quantitative estimate of drug-likeness (QED) is 0.672. The summed E-state index contributed by atoms with van der Waals surface area (Å²) in [4.78, 5) is 0. The van der Waals surface area contributed by atoms with Crippen LogP contribution < -0.4 is 0 Å². The van der Waals surface area contributed by atoms with E-state index < -0.39 is 0 Å². The third kappa shape index (κ3) is 3.13. The molecule has 1 aromatic carbocycles. The van der Waals surface area contributed by atoms with Crippen LogP contribution in [0.5, 0.6) is 0 Å². The fraction of sp³-hybridized carbons (Fsp3) is 0.400. The summed E-state index contributed by atoms with van der Waals surface area (Å²) < 4.78 is 1.97. The Balaban J connectivity index is 2.32. The number of benzene rings is 1. The smallest absolute Gasteiger partial charge is 0.0663 e. The van der Waals surface area contributed by atoms with Gasteiger partial charge in [-0.3, -0.25) is 4.68 Å². The van der Waals surface area contributed by atoms with E-state index in [0.717, 1.165) is 28.9 Å². The van der Waals surface area contributed by atoms with Gasteiger partial charge in [-0.2, -0.15) is 5.10 Å². The van der Waals surface area contributed by atoms with E-state index in [9.17, 15) is 0 Å². The zero-order valence-electron chi connectivity index (χ0n) is 11.8. The van der Waals surface area contributed by atoms with Crippen LogP contribution in [0.25, 0.3) is 0 Å². The van der Waals surface area contributed by atoms with Crippen molar-refractivity contribution in [2.45, 2.75) is 39.1 Å². The Morgan fingerprint density at radius 1 is 1.20 bits per heavy atom. The minimum Gasteiger partial charge on any atom is -0.265 e. The van der Waals surface area contributed by atoms with Crippen LogP contribution in [0.15, 0.2) is 18.2 Å². The Bertz CT molecular complexity index is 620. The van der Waals surface area contributed by atoms with Crippen molar-refractivity contribution in [3.63, 3.8) is 0 Å². The molecule has 1 atom stereocenters. The minimum atomic E-state index is 0.0116. The molecule has 0 spiro atoms. The lowest BCUT2D eigenvalue weighted by molar-refractivity contribution is 0.657. The SMILES string of the molecule is CCC(Cl)c1c(C)nn(Cc2ccc(Cl)c(Cl)c2)c1C. The van der Waals surface area contributed by atoms with E-state index in [1.807, 2.05) is 29.8 Å². The zero-order chi connectivity index (χ0) is 14.9. The Kier molecular flexibility index (Phi) is 5.00. The van der Waals surface area contributed by atoms with Crippen molar-refractivity contribution in [3.05, 3.63) is 50.8 Å². The van der Waals surface area contributed by atoms with Gasteiger partial charge in [0, 0.05) is 11.3 Å². The summed E-state index contributed by atoms with van der Waals surface area (Å²) in [6.07, 6.45) is 0.891. The van der Waals surface area contributed by atoms with Crippen molar-refractivity contribution in [3.8, 4) is 0 Å². The highest BCUT2D eigenvalue weighted by Crippen LogP contribution is 2.30. The molecule has 2 rings (SSSR count). The number of aryl methyl sites for hydroxylation is 1. The highest BCUT2D eigenvalue weighted by atomic mass is 35.5. The van der Waals surface area contributed by atoms with Crippen LogP contribution >= 0.6 is 34.8 Å². The number of halogens is 3. The summed E-state index contributed by atoms with van der Waals surface area (Å²) in [5.41, 5.74) is 4.30. The summed E-state index contributed by atoms with van der Waals surface area (Å²) >= 11 is 18.4. The molecule has 2 aromatic rings. The number of rotatable bonds is 4. The Labute approximate surface area is 134 Å². The molecule has 0 aliphatic carbocycles. The maximum atomic E-state index is 6.37. The molecule has 0 amide bonds. The van der Waals surface area contributed by atoms with Gasteiger partial charge in [0.15, 0.2) is 0 Å². The standard InChI is InChI=1S/C15H17Cl3N2/c1-4-12(16)15-9(2)19-20(10(15)3)8-11-5-6-13(17)14(18)7-11/h5-7,12H,4,8H2,1-3H3. The van der Waals surface area contributed by atoms with Crippen molar-refractivity contribution in [1.82, 2.24) is 9.78 Å². The second-order valence-electron chi connectivity index (χ2n) is 4.87. The second kappa shape index (κ2) is 6.38. The largest absolute Gasteiger partial charge is 0.265 e. The molecule has 108 valence electrons. The number of alkyl halides is 1. The maximum Gasteiger partial charge on any atom is 0.0663 e. The zero-order valence-corrected chi connectivity index (χ0v) is 14.0. The van der Waals surface area contributed by atoms with Crippen LogP contribution in [0, 0.1) is 13.8 Å². The third-order valence-corrected chi connectivity index (χ3v) is 4.69. The van der Waals surface area contributed by atoms with E-state index in [1.165, 1.54) is 0 Å². The summed E-state index contributed by atoms with van der Waals surface area (Å²) in [6, 6.07) is 5.64. The van der Waals surface area contributed by atoms with Crippen LogP contribution in [0.1, 0.15) is 41.2 Å². The van der Waals surface area contributed by atoms with Gasteiger partial charge in [0.1, 0.15) is 0 Å². The topological polar surface area (TPSA) is 17.8 Å². The van der Waals surface area contributed by atoms with Crippen LogP contribution in [0.2, 0.25) is 10.0 Å². The van der Waals surface area contributed by atoms with Crippen molar-refractivity contribution in [1.29, 1.82) is 0 Å². The molecule has 2 nitrogen and oxygen atoms in total. The number of hydrogen-bond acceptors (Lipinski definition) is 1. The highest BCUT2D eigenvalue weighted by Gasteiger charge is 2.17. The van der Waals surface area contributed by atoms with E-state index in [1.54, 1.807) is 0 Å². The van der Waals surface area contributed by atoms with E-state index >= 15 is 0 Å². The predicted molar refractivity (Wildman–Crippen MR) is 86.2 cm³/mol. The number of aromatic nitrogens is 2. The molecule has 1 unspecified atom stereocenters. The van der Waals surface area contributed by atoms with Gasteiger partial charge >= 0.3 is 0 Å². The molecule has 1 heterocycles. The van der Waals surface area contributed by atoms with Gasteiger partial charge in [0.25, 0.3) is 0 Å². The fourth-order valence-electron chi connectivity index (χ4n) is 2.33. The summed E-state index contributed by atoms with van der Waals surface area (Å²) in [7, 11) is 0. The first-order chi connectivity index (χ1) is 9.43. The molecule has 1 aromatic heterocycles. The van der Waals surface area contributed by atoms with E-state index in [-0.39, 0.29) is 5.38 Å². The van der Waals surface area contributed by atoms with Gasteiger partial charge in [0.05, 0.1) is 27.7 Å². The Hall–Kier alpha value is -0.700. The molecule has 0 radical (unpaired) electrons. The summed E-state index contributed by atoms with van der Waals surface area (Å²) in [5.74, 6) is 0. The fourth-order valence-corrected chi connectivity index (χ4v) is 2.97. The Morgan fingerprint density at radius 3 is 2.50 bits per heavy atom.